The molecule has 9 aromatic rings. The van der Waals surface area contributed by atoms with Gasteiger partial charge >= 0.3 is 0 Å². The zero-order valence-corrected chi connectivity index (χ0v) is 24.8. The molecule has 0 atom stereocenters. The van der Waals surface area contributed by atoms with Crippen LogP contribution in [0.3, 0.4) is 0 Å². The molecule has 0 N–H and O–H groups in total. The highest BCUT2D eigenvalue weighted by atomic mass is 32.1. The molecule has 0 saturated carbocycles. The third-order valence-corrected chi connectivity index (χ3v) is 9.99. The molecule has 0 spiro atoms. The number of fused-ring (bicyclic) bond motifs is 8. The molecule has 1 aromatic heterocycles. The Bertz CT molecular complexity index is 2490. The van der Waals surface area contributed by atoms with Gasteiger partial charge in [-0.3, -0.25) is 0 Å². The van der Waals surface area contributed by atoms with Gasteiger partial charge in [0.15, 0.2) is 0 Å². The molecule has 0 fully saturated rings. The Morgan fingerprint density at radius 2 is 0.932 bits per heavy atom. The van der Waals surface area contributed by atoms with E-state index in [1.54, 1.807) is 0 Å². The van der Waals surface area contributed by atoms with Gasteiger partial charge in [0.1, 0.15) is 0 Å². The van der Waals surface area contributed by atoms with Crippen LogP contribution >= 0.6 is 11.3 Å². The summed E-state index contributed by atoms with van der Waals surface area (Å²) in [6.45, 7) is 0. The molecule has 44 heavy (non-hydrogen) atoms. The predicted octanol–water partition coefficient (Wildman–Crippen LogP) is 12.7. The van der Waals surface area contributed by atoms with Crippen LogP contribution in [0.2, 0.25) is 0 Å². The molecular formula is C42H27NS. The number of hydrogen-bond acceptors (Lipinski definition) is 2. The highest BCUT2D eigenvalue weighted by molar-refractivity contribution is 7.25. The van der Waals surface area contributed by atoms with Gasteiger partial charge in [0, 0.05) is 36.9 Å². The van der Waals surface area contributed by atoms with E-state index in [9.17, 15) is 0 Å². The third-order valence-electron chi connectivity index (χ3n) is 8.85. The molecule has 0 aliphatic heterocycles. The second kappa shape index (κ2) is 10.1. The number of benzene rings is 8. The number of nitrogens with zero attached hydrogens (tertiary/aromatic N) is 1. The topological polar surface area (TPSA) is 3.24 Å². The van der Waals surface area contributed by atoms with Crippen LogP contribution in [0.4, 0.5) is 17.1 Å². The Labute approximate surface area is 259 Å². The highest BCUT2D eigenvalue weighted by Gasteiger charge is 2.18. The lowest BCUT2D eigenvalue weighted by Gasteiger charge is -2.27. The van der Waals surface area contributed by atoms with Crippen LogP contribution in [0.5, 0.6) is 0 Å². The van der Waals surface area contributed by atoms with E-state index < -0.39 is 0 Å². The average molecular weight is 578 g/mol. The summed E-state index contributed by atoms with van der Waals surface area (Å²) < 4.78 is 2.62. The molecule has 0 unspecified atom stereocenters. The molecule has 1 nitrogen and oxygen atoms in total. The van der Waals surface area contributed by atoms with E-state index in [-0.39, 0.29) is 0 Å². The quantitative estimate of drug-likeness (QED) is 0.188. The zero-order valence-electron chi connectivity index (χ0n) is 23.9. The predicted molar refractivity (Wildman–Crippen MR) is 192 cm³/mol. The molecule has 8 aromatic carbocycles. The highest BCUT2D eigenvalue weighted by Crippen LogP contribution is 2.44. The van der Waals surface area contributed by atoms with Crippen molar-refractivity contribution in [3.05, 3.63) is 164 Å². The molecule has 2 heteroatoms. The van der Waals surface area contributed by atoms with E-state index in [1.165, 1.54) is 69.3 Å². The first kappa shape index (κ1) is 25.1. The molecule has 0 amide bonds. The fourth-order valence-corrected chi connectivity index (χ4v) is 7.89. The van der Waals surface area contributed by atoms with Gasteiger partial charge in [-0.15, -0.1) is 11.3 Å². The normalized spacial score (nSPS) is 11.6. The second-order valence-corrected chi connectivity index (χ2v) is 12.4. The Kier molecular flexibility index (Phi) is 5.75. The Morgan fingerprint density at radius 3 is 1.82 bits per heavy atom. The summed E-state index contributed by atoms with van der Waals surface area (Å²) in [5, 5.41) is 10.3. The van der Waals surface area contributed by atoms with Crippen molar-refractivity contribution in [3.8, 4) is 11.1 Å². The summed E-state index contributed by atoms with van der Waals surface area (Å²) in [6, 6.07) is 59.8. The number of hydrogen-bond donors (Lipinski definition) is 0. The minimum Gasteiger partial charge on any atom is -0.310 e. The van der Waals surface area contributed by atoms with E-state index >= 15 is 0 Å². The summed E-state index contributed by atoms with van der Waals surface area (Å²) in [4.78, 5) is 2.42. The van der Waals surface area contributed by atoms with Crippen molar-refractivity contribution in [2.24, 2.45) is 0 Å². The van der Waals surface area contributed by atoms with Crippen LogP contribution < -0.4 is 4.90 Å². The average Bonchev–Trinajstić information content (AvgIpc) is 3.47. The van der Waals surface area contributed by atoms with Crippen LogP contribution in [0.25, 0.3) is 63.6 Å². The van der Waals surface area contributed by atoms with Crippen LogP contribution in [0, 0.1) is 0 Å². The number of thiophene rings is 1. The van der Waals surface area contributed by atoms with Crippen LogP contribution in [-0.2, 0) is 0 Å². The van der Waals surface area contributed by atoms with Gasteiger partial charge in [-0.25, -0.2) is 0 Å². The van der Waals surface area contributed by atoms with Crippen molar-refractivity contribution in [1.82, 2.24) is 0 Å². The van der Waals surface area contributed by atoms with Crippen LogP contribution in [-0.4, -0.2) is 0 Å². The summed E-state index contributed by atoms with van der Waals surface area (Å²) >= 11 is 1.86. The lowest BCUT2D eigenvalue weighted by Crippen LogP contribution is -2.10. The largest absolute Gasteiger partial charge is 0.310 e. The van der Waals surface area contributed by atoms with Gasteiger partial charge in [0.05, 0.1) is 5.69 Å². The molecule has 1 heterocycles. The molecule has 0 bridgehead atoms. The van der Waals surface area contributed by atoms with Crippen molar-refractivity contribution >= 4 is 80.9 Å². The Hall–Kier alpha value is -5.44. The summed E-state index contributed by atoms with van der Waals surface area (Å²) in [6.07, 6.45) is 0. The van der Waals surface area contributed by atoms with Gasteiger partial charge in [0.25, 0.3) is 0 Å². The fraction of sp³-hybridized carbons (Fsp3) is 0. The van der Waals surface area contributed by atoms with Gasteiger partial charge in [0.2, 0.25) is 0 Å². The van der Waals surface area contributed by atoms with Crippen molar-refractivity contribution in [1.29, 1.82) is 0 Å². The van der Waals surface area contributed by atoms with Gasteiger partial charge in [-0.2, -0.15) is 0 Å². The third kappa shape index (κ3) is 4.00. The second-order valence-electron chi connectivity index (χ2n) is 11.3. The first-order valence-electron chi connectivity index (χ1n) is 15.0. The van der Waals surface area contributed by atoms with E-state index in [1.807, 2.05) is 11.3 Å². The molecule has 0 aliphatic carbocycles. The molecule has 0 radical (unpaired) electrons. The van der Waals surface area contributed by atoms with Crippen molar-refractivity contribution in [2.45, 2.75) is 0 Å². The molecular weight excluding hydrogens is 551 g/mol. The van der Waals surface area contributed by atoms with Crippen molar-refractivity contribution in [2.75, 3.05) is 4.90 Å². The smallest absolute Gasteiger partial charge is 0.0540 e. The SMILES string of the molecule is c1ccc(-c2ccc(N(c3ccc4c(c3)sc3ccccc34)c3cccc4c3ccc3c5ccccc5ccc43)cc2)cc1. The van der Waals surface area contributed by atoms with Crippen molar-refractivity contribution in [3.63, 3.8) is 0 Å². The maximum atomic E-state index is 2.42. The molecule has 0 saturated heterocycles. The van der Waals surface area contributed by atoms with Crippen molar-refractivity contribution < 1.29 is 0 Å². The minimum atomic E-state index is 1.14. The van der Waals surface area contributed by atoms with E-state index in [0.717, 1.165) is 11.4 Å². The van der Waals surface area contributed by atoms with Crippen LogP contribution in [0.1, 0.15) is 0 Å². The van der Waals surface area contributed by atoms with Gasteiger partial charge < -0.3 is 4.90 Å². The fourth-order valence-electron chi connectivity index (χ4n) is 6.75. The first-order valence-corrected chi connectivity index (χ1v) is 15.8. The van der Waals surface area contributed by atoms with E-state index in [0.29, 0.717) is 0 Å². The first-order chi connectivity index (χ1) is 21.8. The van der Waals surface area contributed by atoms with E-state index in [4.69, 9.17) is 0 Å². The maximum Gasteiger partial charge on any atom is 0.0540 e. The summed E-state index contributed by atoms with van der Waals surface area (Å²) in [5.41, 5.74) is 5.90. The number of anilines is 3. The lowest BCUT2D eigenvalue weighted by atomic mass is 9.96. The Morgan fingerprint density at radius 1 is 0.341 bits per heavy atom. The van der Waals surface area contributed by atoms with Gasteiger partial charge in [-0.1, -0.05) is 127 Å². The zero-order chi connectivity index (χ0) is 29.0. The minimum absolute atomic E-state index is 1.14. The maximum absolute atomic E-state index is 2.42. The standard InChI is InChI=1S/C42H27NS/c1-2-9-28(10-3-1)29-17-20-31(21-18-29)43(32-22-24-39-38-13-6-7-16-41(38)44-42(39)27-32)40-15-8-14-34-36-23-19-30-11-4-5-12-33(30)35(36)25-26-37(34)40/h1-27H. The molecule has 9 rings (SSSR count). The van der Waals surface area contributed by atoms with E-state index in [2.05, 4.69) is 169 Å². The summed E-state index contributed by atoms with van der Waals surface area (Å²) in [7, 11) is 0. The number of rotatable bonds is 4. The summed E-state index contributed by atoms with van der Waals surface area (Å²) in [5.74, 6) is 0. The molecule has 206 valence electrons. The monoisotopic (exact) mass is 577 g/mol. The molecule has 0 aliphatic rings. The lowest BCUT2D eigenvalue weighted by molar-refractivity contribution is 1.31. The van der Waals surface area contributed by atoms with Crippen LogP contribution in [0.15, 0.2) is 164 Å². The Balaban J connectivity index is 1.28. The van der Waals surface area contributed by atoms with Gasteiger partial charge in [-0.05, 0) is 74.5 Å².